The summed E-state index contributed by atoms with van der Waals surface area (Å²) in [6.07, 6.45) is 4.36. The number of hydrogen-bond acceptors (Lipinski definition) is 4. The Bertz CT molecular complexity index is 494. The first-order chi connectivity index (χ1) is 7.16. The second-order valence-electron chi connectivity index (χ2n) is 2.68. The van der Waals surface area contributed by atoms with E-state index in [0.717, 1.165) is 29.5 Å². The minimum Gasteiger partial charge on any atom is -0.478 e. The second-order valence-corrected chi connectivity index (χ2v) is 2.68. The third-order valence-corrected chi connectivity index (χ3v) is 1.64. The molecule has 2 rings (SSSR count). The molecule has 2 aromatic heterocycles. The quantitative estimate of drug-likeness (QED) is 0.777. The molecule has 0 aliphatic carbocycles. The van der Waals surface area contributed by atoms with E-state index in [1.807, 2.05) is 0 Å². The molecule has 0 aromatic carbocycles. The topological polar surface area (TPSA) is 80.9 Å². The van der Waals surface area contributed by atoms with Crippen molar-refractivity contribution in [3.63, 3.8) is 0 Å². The Hall–Kier alpha value is -2.31. The van der Waals surface area contributed by atoms with Gasteiger partial charge in [0.25, 0.3) is 5.95 Å². The van der Waals surface area contributed by atoms with Crippen LogP contribution in [0.5, 0.6) is 0 Å². The van der Waals surface area contributed by atoms with Crippen molar-refractivity contribution in [2.75, 3.05) is 0 Å². The molecule has 1 N–H and O–H groups in total. The zero-order valence-electron chi connectivity index (χ0n) is 7.33. The number of carbonyl (C=O) groups is 1. The Morgan fingerprint density at radius 3 is 2.47 bits per heavy atom. The highest BCUT2D eigenvalue weighted by molar-refractivity contribution is 5.86. The van der Waals surface area contributed by atoms with E-state index in [4.69, 9.17) is 5.11 Å². The first kappa shape index (κ1) is 9.25. The van der Waals surface area contributed by atoms with Crippen molar-refractivity contribution in [2.24, 2.45) is 0 Å². The summed E-state index contributed by atoms with van der Waals surface area (Å²) in [4.78, 5) is 17.9. The van der Waals surface area contributed by atoms with Crippen molar-refractivity contribution < 1.29 is 14.3 Å². The molecule has 0 aliphatic rings. The van der Waals surface area contributed by atoms with Gasteiger partial charge in [-0.3, -0.25) is 0 Å². The molecule has 0 spiro atoms. The van der Waals surface area contributed by atoms with Gasteiger partial charge in [0.2, 0.25) is 0 Å². The normalized spacial score (nSPS) is 10.2. The first-order valence-electron chi connectivity index (χ1n) is 3.93. The Labute approximate surface area is 83.0 Å². The van der Waals surface area contributed by atoms with Crippen LogP contribution in [0.3, 0.4) is 0 Å². The predicted molar refractivity (Wildman–Crippen MR) is 46.1 cm³/mol. The molecule has 76 valence electrons. The summed E-state index contributed by atoms with van der Waals surface area (Å²) in [5.74, 6) is -1.52. The number of rotatable bonds is 2. The molecule has 0 fully saturated rings. The third-order valence-electron chi connectivity index (χ3n) is 1.64. The van der Waals surface area contributed by atoms with Crippen LogP contribution in [0.2, 0.25) is 0 Å². The zero-order valence-corrected chi connectivity index (χ0v) is 7.33. The standard InChI is InChI=1S/C8H5FN4O2/c9-6-3-12-13(4-6)8-10-1-5(2-11-8)7(14)15/h1-4H,(H,14,15). The van der Waals surface area contributed by atoms with Gasteiger partial charge in [0, 0.05) is 12.4 Å². The maximum Gasteiger partial charge on any atom is 0.338 e. The minimum absolute atomic E-state index is 0.0358. The number of aromatic carboxylic acids is 1. The van der Waals surface area contributed by atoms with Crippen molar-refractivity contribution in [2.45, 2.75) is 0 Å². The van der Waals surface area contributed by atoms with Gasteiger partial charge in [-0.2, -0.15) is 5.10 Å². The van der Waals surface area contributed by atoms with Gasteiger partial charge in [-0.15, -0.1) is 0 Å². The van der Waals surface area contributed by atoms with Gasteiger partial charge < -0.3 is 5.11 Å². The highest BCUT2D eigenvalue weighted by Gasteiger charge is 2.06. The number of carboxylic acid groups (broad SMARTS) is 1. The number of aromatic nitrogens is 4. The SMILES string of the molecule is O=C(O)c1cnc(-n2cc(F)cn2)nc1. The summed E-state index contributed by atoms with van der Waals surface area (Å²) in [5.41, 5.74) is -0.0358. The van der Waals surface area contributed by atoms with Crippen molar-refractivity contribution in [1.82, 2.24) is 19.7 Å². The molecule has 0 radical (unpaired) electrons. The lowest BCUT2D eigenvalue weighted by Crippen LogP contribution is -2.04. The van der Waals surface area contributed by atoms with E-state index in [9.17, 15) is 9.18 Å². The molecular formula is C8H5FN4O2. The molecule has 7 heteroatoms. The summed E-state index contributed by atoms with van der Waals surface area (Å²) >= 11 is 0. The molecule has 0 atom stereocenters. The highest BCUT2D eigenvalue weighted by atomic mass is 19.1. The van der Waals surface area contributed by atoms with Crippen LogP contribution in [0.1, 0.15) is 10.4 Å². The average Bonchev–Trinajstić information content (AvgIpc) is 2.65. The summed E-state index contributed by atoms with van der Waals surface area (Å²) in [7, 11) is 0. The number of carboxylic acids is 1. The lowest BCUT2D eigenvalue weighted by atomic mass is 10.4. The van der Waals surface area contributed by atoms with Crippen molar-refractivity contribution in [3.05, 3.63) is 36.2 Å². The Kier molecular flexibility index (Phi) is 2.13. The molecule has 0 bridgehead atoms. The Balaban J connectivity index is 2.35. The smallest absolute Gasteiger partial charge is 0.338 e. The van der Waals surface area contributed by atoms with E-state index in [-0.39, 0.29) is 11.5 Å². The molecule has 0 amide bonds. The van der Waals surface area contributed by atoms with Crippen molar-refractivity contribution >= 4 is 5.97 Å². The summed E-state index contributed by atoms with van der Waals surface area (Å²) in [6.45, 7) is 0. The summed E-state index contributed by atoms with van der Waals surface area (Å²) in [6, 6.07) is 0. The number of hydrogen-bond donors (Lipinski definition) is 1. The van der Waals surface area contributed by atoms with E-state index >= 15 is 0 Å². The summed E-state index contributed by atoms with van der Waals surface area (Å²) < 4.78 is 13.7. The monoisotopic (exact) mass is 208 g/mol. The Morgan fingerprint density at radius 2 is 2.00 bits per heavy atom. The molecule has 2 aromatic rings. The maximum absolute atomic E-state index is 12.6. The summed E-state index contributed by atoms with van der Waals surface area (Å²) in [5, 5.41) is 12.2. The molecule has 6 nitrogen and oxygen atoms in total. The predicted octanol–water partition coefficient (Wildman–Crippen LogP) is 0.500. The van der Waals surface area contributed by atoms with Gasteiger partial charge in [-0.05, 0) is 0 Å². The van der Waals surface area contributed by atoms with E-state index in [0.29, 0.717) is 0 Å². The lowest BCUT2D eigenvalue weighted by Gasteiger charge is -1.98. The largest absolute Gasteiger partial charge is 0.478 e. The van der Waals surface area contributed by atoms with E-state index in [1.165, 1.54) is 0 Å². The zero-order chi connectivity index (χ0) is 10.8. The van der Waals surface area contributed by atoms with Gasteiger partial charge in [-0.25, -0.2) is 23.8 Å². The maximum atomic E-state index is 12.6. The third kappa shape index (κ3) is 1.80. The van der Waals surface area contributed by atoms with Gasteiger partial charge in [0.1, 0.15) is 0 Å². The van der Waals surface area contributed by atoms with Crippen LogP contribution in [0.25, 0.3) is 5.95 Å². The van der Waals surface area contributed by atoms with Crippen molar-refractivity contribution in [1.29, 1.82) is 0 Å². The molecule has 0 saturated carbocycles. The van der Waals surface area contributed by atoms with Crippen LogP contribution >= 0.6 is 0 Å². The van der Waals surface area contributed by atoms with Crippen LogP contribution in [-0.4, -0.2) is 30.8 Å². The van der Waals surface area contributed by atoms with E-state index in [1.54, 1.807) is 0 Å². The molecular weight excluding hydrogens is 203 g/mol. The van der Waals surface area contributed by atoms with Gasteiger partial charge in [0.15, 0.2) is 5.82 Å². The molecule has 0 aliphatic heterocycles. The van der Waals surface area contributed by atoms with E-state index < -0.39 is 11.8 Å². The highest BCUT2D eigenvalue weighted by Crippen LogP contribution is 2.02. The fourth-order valence-electron chi connectivity index (χ4n) is 0.960. The van der Waals surface area contributed by atoms with Gasteiger partial charge >= 0.3 is 5.97 Å². The minimum atomic E-state index is -1.12. The average molecular weight is 208 g/mol. The van der Waals surface area contributed by atoms with E-state index in [2.05, 4.69) is 15.1 Å². The fourth-order valence-corrected chi connectivity index (χ4v) is 0.960. The number of halogens is 1. The Morgan fingerprint density at radius 1 is 1.33 bits per heavy atom. The fraction of sp³-hybridized carbons (Fsp3) is 0. The molecule has 2 heterocycles. The van der Waals surface area contributed by atoms with Crippen LogP contribution in [0.15, 0.2) is 24.8 Å². The molecule has 15 heavy (non-hydrogen) atoms. The van der Waals surface area contributed by atoms with Gasteiger partial charge in [-0.1, -0.05) is 0 Å². The van der Waals surface area contributed by atoms with Crippen LogP contribution in [0, 0.1) is 5.82 Å². The van der Waals surface area contributed by atoms with Crippen LogP contribution in [-0.2, 0) is 0 Å². The van der Waals surface area contributed by atoms with Crippen LogP contribution < -0.4 is 0 Å². The van der Waals surface area contributed by atoms with Crippen LogP contribution in [0.4, 0.5) is 4.39 Å². The molecule has 0 saturated heterocycles. The van der Waals surface area contributed by atoms with Crippen molar-refractivity contribution in [3.8, 4) is 5.95 Å². The molecule has 0 unspecified atom stereocenters. The second kappa shape index (κ2) is 3.45. The van der Waals surface area contributed by atoms with Gasteiger partial charge in [0.05, 0.1) is 18.0 Å². The first-order valence-corrected chi connectivity index (χ1v) is 3.93. The number of nitrogens with zero attached hydrogens (tertiary/aromatic N) is 4. The lowest BCUT2D eigenvalue weighted by molar-refractivity contribution is 0.0696.